The number of benzene rings is 1. The Morgan fingerprint density at radius 1 is 1.20 bits per heavy atom. The van der Waals surface area contributed by atoms with E-state index in [1.165, 1.54) is 6.07 Å². The highest BCUT2D eigenvalue weighted by molar-refractivity contribution is 7.71. The monoisotopic (exact) mass is 290 g/mol. The first-order valence-corrected chi connectivity index (χ1v) is 6.99. The van der Waals surface area contributed by atoms with E-state index in [2.05, 4.69) is 9.97 Å². The maximum absolute atomic E-state index is 14.1. The first-order valence-electron chi connectivity index (χ1n) is 6.58. The number of hydrogen-bond acceptors (Lipinski definition) is 2. The molecular formula is C16H19FN2S. The van der Waals surface area contributed by atoms with Crippen LogP contribution in [0.5, 0.6) is 0 Å². The van der Waals surface area contributed by atoms with E-state index in [9.17, 15) is 4.39 Å². The Hall–Kier alpha value is -1.55. The Bertz CT molecular complexity index is 711. The fraction of sp³-hybridized carbons (Fsp3) is 0.375. The van der Waals surface area contributed by atoms with Gasteiger partial charge in [0.15, 0.2) is 0 Å². The van der Waals surface area contributed by atoms with E-state index in [-0.39, 0.29) is 11.2 Å². The predicted molar refractivity (Wildman–Crippen MR) is 83.0 cm³/mol. The Balaban J connectivity index is 2.77. The summed E-state index contributed by atoms with van der Waals surface area (Å²) < 4.78 is 14.6. The molecule has 0 fully saturated rings. The van der Waals surface area contributed by atoms with Crippen LogP contribution in [0.2, 0.25) is 0 Å². The molecule has 1 aromatic carbocycles. The summed E-state index contributed by atoms with van der Waals surface area (Å²) in [5.74, 6) is 0.513. The van der Waals surface area contributed by atoms with Gasteiger partial charge in [-0.2, -0.15) is 0 Å². The largest absolute Gasteiger partial charge is 0.342 e. The van der Waals surface area contributed by atoms with Crippen LogP contribution in [0, 0.1) is 24.3 Å². The molecule has 20 heavy (non-hydrogen) atoms. The molecule has 0 unspecified atom stereocenters. The summed E-state index contributed by atoms with van der Waals surface area (Å²) in [7, 11) is 0. The lowest BCUT2D eigenvalue weighted by atomic mass is 9.95. The van der Waals surface area contributed by atoms with Crippen molar-refractivity contribution in [3.63, 3.8) is 0 Å². The average Bonchev–Trinajstić information content (AvgIpc) is 2.34. The maximum atomic E-state index is 14.1. The zero-order valence-electron chi connectivity index (χ0n) is 12.5. The minimum absolute atomic E-state index is 0.170. The van der Waals surface area contributed by atoms with E-state index in [0.29, 0.717) is 10.2 Å². The SMILES string of the molecule is Cc1ccc(F)c(-c2[nH]c(C(C)(C)C)nc(=S)c2C)c1. The van der Waals surface area contributed by atoms with Gasteiger partial charge in [-0.15, -0.1) is 0 Å². The number of H-pyrrole nitrogens is 1. The van der Waals surface area contributed by atoms with Crippen LogP contribution in [0.4, 0.5) is 4.39 Å². The molecule has 0 amide bonds. The zero-order valence-corrected chi connectivity index (χ0v) is 13.3. The van der Waals surface area contributed by atoms with Gasteiger partial charge in [0, 0.05) is 16.5 Å². The minimum atomic E-state index is -0.254. The molecule has 0 radical (unpaired) electrons. The Labute approximate surface area is 124 Å². The van der Waals surface area contributed by atoms with Gasteiger partial charge in [0.2, 0.25) is 0 Å². The molecule has 1 heterocycles. The second-order valence-electron chi connectivity index (χ2n) is 6.12. The molecule has 2 nitrogen and oxygen atoms in total. The van der Waals surface area contributed by atoms with Crippen molar-refractivity contribution in [2.24, 2.45) is 0 Å². The fourth-order valence-electron chi connectivity index (χ4n) is 1.99. The lowest BCUT2D eigenvalue weighted by Crippen LogP contribution is -2.17. The van der Waals surface area contributed by atoms with Crippen LogP contribution in [-0.2, 0) is 5.41 Å². The summed E-state index contributed by atoms with van der Waals surface area (Å²) in [6, 6.07) is 5.07. The third-order valence-electron chi connectivity index (χ3n) is 3.25. The lowest BCUT2D eigenvalue weighted by molar-refractivity contribution is 0.543. The molecule has 0 aliphatic carbocycles. The van der Waals surface area contributed by atoms with Crippen molar-refractivity contribution in [3.05, 3.63) is 45.6 Å². The van der Waals surface area contributed by atoms with Crippen molar-refractivity contribution in [3.8, 4) is 11.3 Å². The summed E-state index contributed by atoms with van der Waals surface area (Å²) >= 11 is 5.32. The molecule has 0 bridgehead atoms. The van der Waals surface area contributed by atoms with Crippen molar-refractivity contribution >= 4 is 12.2 Å². The first kappa shape index (κ1) is 14.9. The van der Waals surface area contributed by atoms with Crippen molar-refractivity contribution in [1.82, 2.24) is 9.97 Å². The normalized spacial score (nSPS) is 11.7. The minimum Gasteiger partial charge on any atom is -0.342 e. The van der Waals surface area contributed by atoms with Crippen molar-refractivity contribution in [2.75, 3.05) is 0 Å². The van der Waals surface area contributed by atoms with Crippen molar-refractivity contribution in [2.45, 2.75) is 40.0 Å². The van der Waals surface area contributed by atoms with E-state index >= 15 is 0 Å². The number of rotatable bonds is 1. The van der Waals surface area contributed by atoms with Gasteiger partial charge in [0.25, 0.3) is 0 Å². The molecule has 2 rings (SSSR count). The summed E-state index contributed by atoms with van der Waals surface area (Å²) in [6.07, 6.45) is 0. The van der Waals surface area contributed by atoms with Crippen LogP contribution in [-0.4, -0.2) is 9.97 Å². The zero-order chi connectivity index (χ0) is 15.1. The van der Waals surface area contributed by atoms with Gasteiger partial charge in [-0.05, 0) is 26.0 Å². The second-order valence-corrected chi connectivity index (χ2v) is 6.51. The molecule has 106 valence electrons. The molecule has 1 aromatic heterocycles. The number of halogens is 1. The standard InChI is InChI=1S/C16H19FN2S/c1-9-6-7-12(17)11(8-9)13-10(2)14(20)19-15(18-13)16(3,4)5/h6-8H,1-5H3,(H,18,19,20). The number of nitrogens with zero attached hydrogens (tertiary/aromatic N) is 1. The van der Waals surface area contributed by atoms with Gasteiger partial charge in [0.05, 0.1) is 5.69 Å². The Morgan fingerprint density at radius 2 is 1.85 bits per heavy atom. The summed E-state index contributed by atoms with van der Waals surface area (Å²) in [4.78, 5) is 7.68. The molecule has 0 saturated carbocycles. The predicted octanol–water partition coefficient (Wildman–Crippen LogP) is 4.86. The topological polar surface area (TPSA) is 28.7 Å². The van der Waals surface area contributed by atoms with E-state index in [1.807, 2.05) is 40.7 Å². The van der Waals surface area contributed by atoms with Gasteiger partial charge in [-0.25, -0.2) is 9.37 Å². The Morgan fingerprint density at radius 3 is 2.45 bits per heavy atom. The van der Waals surface area contributed by atoms with Gasteiger partial charge in [-0.1, -0.05) is 44.6 Å². The molecule has 0 atom stereocenters. The van der Waals surface area contributed by atoms with Crippen molar-refractivity contribution < 1.29 is 4.39 Å². The molecular weight excluding hydrogens is 271 g/mol. The smallest absolute Gasteiger partial charge is 0.133 e. The van der Waals surface area contributed by atoms with Gasteiger partial charge in [0.1, 0.15) is 16.3 Å². The van der Waals surface area contributed by atoms with Crippen LogP contribution in [0.1, 0.15) is 37.7 Å². The number of hydrogen-bond donors (Lipinski definition) is 1. The molecule has 2 aromatic rings. The van der Waals surface area contributed by atoms with Crippen LogP contribution in [0.15, 0.2) is 18.2 Å². The summed E-state index contributed by atoms with van der Waals surface area (Å²) in [5.41, 5.74) is 2.90. The molecule has 4 heteroatoms. The third-order valence-corrected chi connectivity index (χ3v) is 3.65. The summed E-state index contributed by atoms with van der Waals surface area (Å²) in [6.45, 7) is 9.96. The van der Waals surface area contributed by atoms with E-state index < -0.39 is 0 Å². The van der Waals surface area contributed by atoms with E-state index in [4.69, 9.17) is 12.2 Å². The van der Waals surface area contributed by atoms with Gasteiger partial charge in [-0.3, -0.25) is 0 Å². The maximum Gasteiger partial charge on any atom is 0.133 e. The van der Waals surface area contributed by atoms with Crippen LogP contribution >= 0.6 is 12.2 Å². The molecule has 0 spiro atoms. The number of aryl methyl sites for hydroxylation is 1. The lowest BCUT2D eigenvalue weighted by Gasteiger charge is -2.20. The second kappa shape index (κ2) is 5.09. The van der Waals surface area contributed by atoms with Crippen LogP contribution in [0.25, 0.3) is 11.3 Å². The number of aromatic amines is 1. The van der Waals surface area contributed by atoms with Gasteiger partial charge < -0.3 is 4.98 Å². The highest BCUT2D eigenvalue weighted by Gasteiger charge is 2.19. The average molecular weight is 290 g/mol. The Kier molecular flexibility index (Phi) is 3.78. The van der Waals surface area contributed by atoms with E-state index in [1.54, 1.807) is 6.07 Å². The first-order chi connectivity index (χ1) is 9.20. The van der Waals surface area contributed by atoms with Crippen LogP contribution in [0.3, 0.4) is 0 Å². The number of aromatic nitrogens is 2. The molecule has 0 saturated heterocycles. The number of nitrogens with one attached hydrogen (secondary N) is 1. The highest BCUT2D eigenvalue weighted by Crippen LogP contribution is 2.28. The quantitative estimate of drug-likeness (QED) is 0.760. The highest BCUT2D eigenvalue weighted by atomic mass is 32.1. The van der Waals surface area contributed by atoms with E-state index in [0.717, 1.165) is 22.6 Å². The third kappa shape index (κ3) is 2.80. The fourth-order valence-corrected chi connectivity index (χ4v) is 2.18. The van der Waals surface area contributed by atoms with Crippen LogP contribution < -0.4 is 0 Å². The van der Waals surface area contributed by atoms with Crippen molar-refractivity contribution in [1.29, 1.82) is 0 Å². The molecule has 1 N–H and O–H groups in total. The van der Waals surface area contributed by atoms with Gasteiger partial charge >= 0.3 is 0 Å². The molecule has 0 aliphatic heterocycles. The molecule has 0 aliphatic rings. The summed E-state index contributed by atoms with van der Waals surface area (Å²) in [5, 5.41) is 0.